The lowest BCUT2D eigenvalue weighted by atomic mass is 9.79. The van der Waals surface area contributed by atoms with Crippen LogP contribution in [0.4, 0.5) is 0 Å². The quantitative estimate of drug-likeness (QED) is 0.734. The molecule has 1 aromatic carbocycles. The third-order valence-corrected chi connectivity index (χ3v) is 2.88. The van der Waals surface area contributed by atoms with Gasteiger partial charge in [0.2, 0.25) is 5.88 Å². The van der Waals surface area contributed by atoms with Gasteiger partial charge in [-0.25, -0.2) is 9.97 Å². The Morgan fingerprint density at radius 3 is 2.95 bits per heavy atom. The highest BCUT2D eigenvalue weighted by Crippen LogP contribution is 2.20. The van der Waals surface area contributed by atoms with Crippen LogP contribution >= 0.6 is 0 Å². The molecule has 1 aliphatic rings. The number of primary amides is 1. The topological polar surface area (TPSA) is 108 Å². The van der Waals surface area contributed by atoms with E-state index in [-0.39, 0.29) is 11.6 Å². The molecule has 8 heteroatoms. The molecule has 0 aliphatic carbocycles. The van der Waals surface area contributed by atoms with Gasteiger partial charge in [-0.15, -0.1) is 0 Å². The van der Waals surface area contributed by atoms with Gasteiger partial charge in [-0.1, -0.05) is 6.07 Å². The number of nitrogens with zero attached hydrogens (tertiary/aromatic N) is 2. The lowest BCUT2D eigenvalue weighted by Crippen LogP contribution is -2.27. The Morgan fingerprint density at radius 1 is 1.40 bits per heavy atom. The maximum Gasteiger partial charge on any atom is 0.491 e. The van der Waals surface area contributed by atoms with Gasteiger partial charge < -0.3 is 20.1 Å². The average Bonchev–Trinajstić information content (AvgIpc) is 2.81. The van der Waals surface area contributed by atoms with Crippen molar-refractivity contribution in [1.82, 2.24) is 9.97 Å². The number of amides is 1. The maximum atomic E-state index is 10.9. The molecule has 1 aromatic heterocycles. The van der Waals surface area contributed by atoms with Gasteiger partial charge in [-0.05, 0) is 23.2 Å². The molecule has 1 amide bonds. The van der Waals surface area contributed by atoms with E-state index in [1.807, 2.05) is 6.07 Å². The van der Waals surface area contributed by atoms with Crippen molar-refractivity contribution in [3.8, 4) is 11.6 Å². The summed E-state index contributed by atoms with van der Waals surface area (Å²) in [6.07, 6.45) is 2.54. The van der Waals surface area contributed by atoms with Crippen LogP contribution < -0.4 is 15.9 Å². The van der Waals surface area contributed by atoms with Crippen LogP contribution in [0.2, 0.25) is 0 Å². The van der Waals surface area contributed by atoms with Crippen molar-refractivity contribution < 1.29 is 19.2 Å². The Balaban J connectivity index is 1.81. The first-order valence-corrected chi connectivity index (χ1v) is 5.85. The molecular formula is C12H10BN3O4. The van der Waals surface area contributed by atoms with Gasteiger partial charge in [-0.2, -0.15) is 0 Å². The number of hydrogen-bond acceptors (Lipinski definition) is 6. The molecular weight excluding hydrogens is 261 g/mol. The van der Waals surface area contributed by atoms with Crippen LogP contribution in [0.25, 0.3) is 0 Å². The van der Waals surface area contributed by atoms with E-state index < -0.39 is 13.0 Å². The highest BCUT2D eigenvalue weighted by molar-refractivity contribution is 6.61. The summed E-state index contributed by atoms with van der Waals surface area (Å²) in [5.41, 5.74) is 6.72. The number of carbonyl (C=O) groups excluding carboxylic acids is 1. The van der Waals surface area contributed by atoms with Crippen LogP contribution in [-0.4, -0.2) is 28.0 Å². The number of hydrogen-bond donors (Lipinski definition) is 2. The van der Waals surface area contributed by atoms with Gasteiger partial charge in [-0.3, -0.25) is 4.79 Å². The molecule has 1 aliphatic heterocycles. The largest absolute Gasteiger partial charge is 0.491 e. The van der Waals surface area contributed by atoms with Crippen LogP contribution in [0, 0.1) is 0 Å². The van der Waals surface area contributed by atoms with Crippen molar-refractivity contribution in [1.29, 1.82) is 0 Å². The number of ether oxygens (including phenoxy) is 1. The summed E-state index contributed by atoms with van der Waals surface area (Å²) < 4.78 is 10.6. The summed E-state index contributed by atoms with van der Waals surface area (Å²) >= 11 is 0. The lowest BCUT2D eigenvalue weighted by molar-refractivity contribution is 0.0995. The van der Waals surface area contributed by atoms with Crippen molar-refractivity contribution in [3.63, 3.8) is 0 Å². The molecule has 0 spiro atoms. The summed E-state index contributed by atoms with van der Waals surface area (Å²) in [6, 6.07) is 5.23. The van der Waals surface area contributed by atoms with Gasteiger partial charge >= 0.3 is 7.12 Å². The van der Waals surface area contributed by atoms with Crippen molar-refractivity contribution in [2.75, 3.05) is 0 Å². The highest BCUT2D eigenvalue weighted by atomic mass is 16.5. The zero-order valence-corrected chi connectivity index (χ0v) is 10.3. The van der Waals surface area contributed by atoms with Gasteiger partial charge in [0.15, 0.2) is 0 Å². The molecule has 20 heavy (non-hydrogen) atoms. The molecule has 100 valence electrons. The molecule has 3 rings (SSSR count). The molecule has 0 saturated heterocycles. The zero-order valence-electron chi connectivity index (χ0n) is 10.3. The maximum absolute atomic E-state index is 10.9. The minimum absolute atomic E-state index is 0.0649. The second-order valence-electron chi connectivity index (χ2n) is 4.23. The van der Waals surface area contributed by atoms with Gasteiger partial charge in [0.05, 0.1) is 19.0 Å². The van der Waals surface area contributed by atoms with Crippen molar-refractivity contribution in [3.05, 3.63) is 41.9 Å². The predicted molar refractivity (Wildman–Crippen MR) is 69.5 cm³/mol. The van der Waals surface area contributed by atoms with Crippen molar-refractivity contribution >= 4 is 18.5 Å². The smallest absolute Gasteiger partial charge is 0.438 e. The number of nitrogens with two attached hydrogens (primary N) is 1. The number of carbonyl (C=O) groups is 1. The third-order valence-electron chi connectivity index (χ3n) is 2.88. The molecule has 0 fully saturated rings. The highest BCUT2D eigenvalue weighted by Gasteiger charge is 2.27. The molecule has 0 unspecified atom stereocenters. The molecule has 3 N–H and O–H groups in total. The SMILES string of the molecule is NC(=O)c1cnc(Oc2ccc3c(c2)B(O)OC3)cn1. The Morgan fingerprint density at radius 2 is 2.25 bits per heavy atom. The Bertz CT molecular complexity index is 662. The molecule has 0 radical (unpaired) electrons. The molecule has 2 heterocycles. The number of rotatable bonds is 3. The minimum atomic E-state index is -0.933. The Labute approximate surface area is 114 Å². The Kier molecular flexibility index (Phi) is 3.09. The standard InChI is InChI=1S/C12H10BN3O4/c14-12(17)10-4-16-11(5-15-10)20-8-2-1-7-6-19-13(18)9(7)3-8/h1-5,18H,6H2,(H2,14,17). The number of fused-ring (bicyclic) bond motifs is 1. The van der Waals surface area contributed by atoms with E-state index in [9.17, 15) is 9.82 Å². The molecule has 2 aromatic rings. The van der Waals surface area contributed by atoms with Crippen molar-refractivity contribution in [2.45, 2.75) is 6.61 Å². The third kappa shape index (κ3) is 2.34. The first-order valence-electron chi connectivity index (χ1n) is 5.85. The van der Waals surface area contributed by atoms with Crippen LogP contribution in [0.15, 0.2) is 30.6 Å². The first kappa shape index (κ1) is 12.6. The van der Waals surface area contributed by atoms with E-state index in [1.54, 1.807) is 12.1 Å². The zero-order chi connectivity index (χ0) is 14.1. The molecule has 0 bridgehead atoms. The van der Waals surface area contributed by atoms with Gasteiger partial charge in [0.25, 0.3) is 5.91 Å². The van der Waals surface area contributed by atoms with Crippen molar-refractivity contribution in [2.24, 2.45) is 5.73 Å². The second kappa shape index (κ2) is 4.91. The first-order chi connectivity index (χ1) is 9.63. The number of benzene rings is 1. The van der Waals surface area contributed by atoms with Gasteiger partial charge in [0, 0.05) is 0 Å². The Hall–Kier alpha value is -2.45. The minimum Gasteiger partial charge on any atom is -0.438 e. The normalized spacial score (nSPS) is 13.2. The fourth-order valence-electron chi connectivity index (χ4n) is 1.87. The molecule has 0 saturated carbocycles. The van der Waals surface area contributed by atoms with Crippen LogP contribution in [0.1, 0.15) is 16.1 Å². The fraction of sp³-hybridized carbons (Fsp3) is 0.0833. The molecule has 7 nitrogen and oxygen atoms in total. The van der Waals surface area contributed by atoms with Crippen LogP contribution in [0.3, 0.4) is 0 Å². The summed E-state index contributed by atoms with van der Waals surface area (Å²) in [4.78, 5) is 18.6. The predicted octanol–water partition coefficient (Wildman–Crippen LogP) is -0.415. The summed E-state index contributed by atoms with van der Waals surface area (Å²) in [6.45, 7) is 0.379. The van der Waals surface area contributed by atoms with Gasteiger partial charge in [0.1, 0.15) is 11.4 Å². The van der Waals surface area contributed by atoms with Crippen LogP contribution in [-0.2, 0) is 11.3 Å². The van der Waals surface area contributed by atoms with Crippen LogP contribution in [0.5, 0.6) is 11.6 Å². The second-order valence-corrected chi connectivity index (χ2v) is 4.23. The fourth-order valence-corrected chi connectivity index (χ4v) is 1.87. The lowest BCUT2D eigenvalue weighted by Gasteiger charge is -2.06. The van der Waals surface area contributed by atoms with E-state index >= 15 is 0 Å². The monoisotopic (exact) mass is 271 g/mol. The van der Waals surface area contributed by atoms with E-state index in [2.05, 4.69) is 9.97 Å². The summed E-state index contributed by atoms with van der Waals surface area (Å²) in [5, 5.41) is 9.61. The van der Waals surface area contributed by atoms with E-state index in [4.69, 9.17) is 15.1 Å². The molecule has 0 atom stereocenters. The summed E-state index contributed by atoms with van der Waals surface area (Å²) in [7, 11) is -0.933. The van der Waals surface area contributed by atoms with E-state index in [1.165, 1.54) is 12.4 Å². The van der Waals surface area contributed by atoms with E-state index in [0.717, 1.165) is 5.56 Å². The summed E-state index contributed by atoms with van der Waals surface area (Å²) in [5.74, 6) is 0.0691. The number of aromatic nitrogens is 2. The average molecular weight is 271 g/mol. The van der Waals surface area contributed by atoms with E-state index in [0.29, 0.717) is 17.8 Å².